The molecule has 35 heavy (non-hydrogen) atoms. The highest BCUT2D eigenvalue weighted by Gasteiger charge is 2.35. The first-order chi connectivity index (χ1) is 17.0. The van der Waals surface area contributed by atoms with Crippen molar-refractivity contribution in [2.45, 2.75) is 19.3 Å². The number of nitrogens with zero attached hydrogens (tertiary/aromatic N) is 2. The van der Waals surface area contributed by atoms with E-state index >= 15 is 0 Å². The number of nitrogens with two attached hydrogens (primary N) is 1. The van der Waals surface area contributed by atoms with E-state index in [1.54, 1.807) is 0 Å². The molecule has 0 spiro atoms. The molecule has 0 fully saturated rings. The fourth-order valence-corrected chi connectivity index (χ4v) is 5.22. The lowest BCUT2D eigenvalue weighted by molar-refractivity contribution is 0.660. The Kier molecular flexibility index (Phi) is 4.93. The van der Waals surface area contributed by atoms with Crippen LogP contribution in [0, 0.1) is 0 Å². The molecule has 1 heterocycles. The van der Waals surface area contributed by atoms with E-state index in [0.717, 1.165) is 34.0 Å². The van der Waals surface area contributed by atoms with Crippen LogP contribution >= 0.6 is 0 Å². The normalized spacial score (nSPS) is 13.2. The van der Waals surface area contributed by atoms with Crippen LogP contribution in [0.1, 0.15) is 25.0 Å². The van der Waals surface area contributed by atoms with E-state index in [-0.39, 0.29) is 5.41 Å². The Morgan fingerprint density at radius 1 is 0.629 bits per heavy atom. The molecule has 170 valence electrons. The first kappa shape index (κ1) is 21.2. The summed E-state index contributed by atoms with van der Waals surface area (Å²) in [5, 5.41) is 0. The van der Waals surface area contributed by atoms with Gasteiger partial charge in [-0.25, -0.2) is 0 Å². The predicted molar refractivity (Wildman–Crippen MR) is 146 cm³/mol. The van der Waals surface area contributed by atoms with E-state index in [1.807, 2.05) is 36.5 Å². The first-order valence-electron chi connectivity index (χ1n) is 11.9. The number of nitrogen functional groups attached to an aromatic ring is 1. The maximum atomic E-state index is 6.02. The highest BCUT2D eigenvalue weighted by atomic mass is 15.1. The molecule has 1 aromatic heterocycles. The van der Waals surface area contributed by atoms with E-state index < -0.39 is 0 Å². The Bertz CT molecular complexity index is 1500. The zero-order chi connectivity index (χ0) is 24.0. The zero-order valence-corrected chi connectivity index (χ0v) is 19.9. The molecule has 0 saturated carbocycles. The Labute approximate surface area is 206 Å². The van der Waals surface area contributed by atoms with Gasteiger partial charge in [0.15, 0.2) is 0 Å². The average molecular weight is 454 g/mol. The van der Waals surface area contributed by atoms with Gasteiger partial charge < -0.3 is 10.6 Å². The van der Waals surface area contributed by atoms with E-state index in [0.29, 0.717) is 0 Å². The van der Waals surface area contributed by atoms with Crippen molar-refractivity contribution in [3.8, 4) is 22.4 Å². The van der Waals surface area contributed by atoms with Gasteiger partial charge in [-0.2, -0.15) is 0 Å². The van der Waals surface area contributed by atoms with Crippen LogP contribution in [0.3, 0.4) is 0 Å². The summed E-state index contributed by atoms with van der Waals surface area (Å²) in [6.07, 6.45) is 1.83. The first-order valence-corrected chi connectivity index (χ1v) is 11.9. The number of pyridine rings is 1. The summed E-state index contributed by atoms with van der Waals surface area (Å²) in [7, 11) is 0. The third kappa shape index (κ3) is 3.57. The van der Waals surface area contributed by atoms with Gasteiger partial charge in [0.05, 0.1) is 5.69 Å². The summed E-state index contributed by atoms with van der Waals surface area (Å²) in [6, 6.07) is 38.2. The number of hydrogen-bond donors (Lipinski definition) is 1. The van der Waals surface area contributed by atoms with Crippen LogP contribution in [-0.4, -0.2) is 4.98 Å². The Balaban J connectivity index is 1.47. The summed E-state index contributed by atoms with van der Waals surface area (Å²) in [4.78, 5) is 6.79. The van der Waals surface area contributed by atoms with Crippen LogP contribution in [0.4, 0.5) is 22.7 Å². The van der Waals surface area contributed by atoms with Crippen LogP contribution < -0.4 is 10.6 Å². The van der Waals surface area contributed by atoms with Crippen LogP contribution in [0.25, 0.3) is 22.4 Å². The third-order valence-electron chi connectivity index (χ3n) is 7.06. The molecular weight excluding hydrogens is 426 g/mol. The number of fused-ring (bicyclic) bond motifs is 3. The third-order valence-corrected chi connectivity index (χ3v) is 7.06. The minimum atomic E-state index is -0.0580. The van der Waals surface area contributed by atoms with Gasteiger partial charge in [0, 0.05) is 39.9 Å². The smallest absolute Gasteiger partial charge is 0.0701 e. The van der Waals surface area contributed by atoms with Crippen molar-refractivity contribution in [1.29, 1.82) is 0 Å². The Hall–Kier alpha value is -4.37. The van der Waals surface area contributed by atoms with Gasteiger partial charge in [0.1, 0.15) is 0 Å². The molecule has 2 N–H and O–H groups in total. The molecule has 1 aliphatic carbocycles. The molecule has 0 radical (unpaired) electrons. The lowest BCUT2D eigenvalue weighted by Gasteiger charge is -2.28. The average Bonchev–Trinajstić information content (AvgIpc) is 3.13. The summed E-state index contributed by atoms with van der Waals surface area (Å²) >= 11 is 0. The molecule has 6 rings (SSSR count). The molecular formula is C32H27N3. The van der Waals surface area contributed by atoms with Crippen molar-refractivity contribution in [3.63, 3.8) is 0 Å². The Morgan fingerprint density at radius 3 is 1.97 bits per heavy atom. The van der Waals surface area contributed by atoms with Gasteiger partial charge in [0.25, 0.3) is 0 Å². The maximum Gasteiger partial charge on any atom is 0.0701 e. The van der Waals surface area contributed by atoms with Crippen molar-refractivity contribution in [2.24, 2.45) is 0 Å². The van der Waals surface area contributed by atoms with Crippen molar-refractivity contribution in [1.82, 2.24) is 4.98 Å². The zero-order valence-electron chi connectivity index (χ0n) is 19.9. The minimum Gasteiger partial charge on any atom is -0.399 e. The molecule has 0 aliphatic heterocycles. The lowest BCUT2D eigenvalue weighted by Crippen LogP contribution is -2.16. The van der Waals surface area contributed by atoms with Crippen LogP contribution in [0.15, 0.2) is 115 Å². The van der Waals surface area contributed by atoms with Crippen molar-refractivity contribution in [2.75, 3.05) is 10.6 Å². The maximum absolute atomic E-state index is 6.02. The molecule has 0 atom stereocenters. The van der Waals surface area contributed by atoms with Crippen LogP contribution in [0.2, 0.25) is 0 Å². The number of aromatic nitrogens is 1. The second-order valence-electron chi connectivity index (χ2n) is 9.59. The minimum absolute atomic E-state index is 0.0580. The molecule has 0 bridgehead atoms. The van der Waals surface area contributed by atoms with Crippen LogP contribution in [-0.2, 0) is 5.41 Å². The van der Waals surface area contributed by atoms with Gasteiger partial charge in [0.2, 0.25) is 0 Å². The fraction of sp³-hybridized carbons (Fsp3) is 0.0938. The second-order valence-corrected chi connectivity index (χ2v) is 9.59. The number of benzene rings is 4. The van der Waals surface area contributed by atoms with E-state index in [2.05, 4.69) is 103 Å². The molecule has 0 unspecified atom stereocenters. The molecule has 4 aromatic carbocycles. The molecule has 0 saturated heterocycles. The highest BCUT2D eigenvalue weighted by molar-refractivity contribution is 5.86. The summed E-state index contributed by atoms with van der Waals surface area (Å²) in [6.45, 7) is 4.63. The largest absolute Gasteiger partial charge is 0.399 e. The monoisotopic (exact) mass is 453 g/mol. The quantitative estimate of drug-likeness (QED) is 0.279. The highest BCUT2D eigenvalue weighted by Crippen LogP contribution is 2.50. The van der Waals surface area contributed by atoms with E-state index in [4.69, 9.17) is 5.73 Å². The molecule has 5 aromatic rings. The summed E-state index contributed by atoms with van der Waals surface area (Å²) < 4.78 is 0. The van der Waals surface area contributed by atoms with Gasteiger partial charge in [-0.3, -0.25) is 4.98 Å². The predicted octanol–water partition coefficient (Wildman–Crippen LogP) is 8.11. The molecule has 3 heteroatoms. The fourth-order valence-electron chi connectivity index (χ4n) is 5.22. The standard InChI is InChI=1S/C32H27N3/c1-32(2)29-8-4-3-7-27(29)28-19-18-26(21-30(28)32)35(25-16-12-23(33)13-17-25)24-14-10-22(11-15-24)31-9-5-6-20-34-31/h3-21H,33H2,1-2H3. The topological polar surface area (TPSA) is 42.1 Å². The summed E-state index contributed by atoms with van der Waals surface area (Å²) in [5.41, 5.74) is 17.4. The van der Waals surface area contributed by atoms with Crippen molar-refractivity contribution in [3.05, 3.63) is 127 Å². The molecule has 1 aliphatic rings. The van der Waals surface area contributed by atoms with Crippen molar-refractivity contribution >= 4 is 22.7 Å². The number of hydrogen-bond acceptors (Lipinski definition) is 3. The van der Waals surface area contributed by atoms with Gasteiger partial charge in [-0.15, -0.1) is 0 Å². The lowest BCUT2D eigenvalue weighted by atomic mass is 9.82. The second kappa shape index (κ2) is 8.14. The number of rotatable bonds is 4. The van der Waals surface area contributed by atoms with Gasteiger partial charge in [-0.1, -0.05) is 62.4 Å². The van der Waals surface area contributed by atoms with Gasteiger partial charge in [-0.05, 0) is 82.9 Å². The van der Waals surface area contributed by atoms with E-state index in [1.165, 1.54) is 22.3 Å². The SMILES string of the molecule is CC1(C)c2ccccc2-c2ccc(N(c3ccc(N)cc3)c3ccc(-c4ccccn4)cc3)cc21. The van der Waals surface area contributed by atoms with Crippen LogP contribution in [0.5, 0.6) is 0 Å². The molecule has 0 amide bonds. The van der Waals surface area contributed by atoms with Gasteiger partial charge >= 0.3 is 0 Å². The Morgan fingerprint density at radius 2 is 1.26 bits per heavy atom. The molecule has 3 nitrogen and oxygen atoms in total. The number of anilines is 4. The van der Waals surface area contributed by atoms with E-state index in [9.17, 15) is 0 Å². The van der Waals surface area contributed by atoms with Crippen molar-refractivity contribution < 1.29 is 0 Å². The summed E-state index contributed by atoms with van der Waals surface area (Å²) in [5.74, 6) is 0.